The SMILES string of the molecule is O=[N+]([O-])N=C1NCCCCCCN1. The van der Waals surface area contributed by atoms with Gasteiger partial charge in [0.05, 0.1) is 0 Å². The lowest BCUT2D eigenvalue weighted by Gasteiger charge is -2.05. The molecule has 0 unspecified atom stereocenters. The zero-order valence-electron chi connectivity index (χ0n) is 7.45. The van der Waals surface area contributed by atoms with E-state index in [1.165, 1.54) is 12.8 Å². The van der Waals surface area contributed by atoms with Crippen molar-refractivity contribution in [1.29, 1.82) is 0 Å². The Morgan fingerprint density at radius 1 is 1.15 bits per heavy atom. The summed E-state index contributed by atoms with van der Waals surface area (Å²) in [5, 5.41) is 18.4. The summed E-state index contributed by atoms with van der Waals surface area (Å²) in [5.74, 6) is 0.284. The van der Waals surface area contributed by atoms with Crippen LogP contribution in [0.15, 0.2) is 5.10 Å². The highest BCUT2D eigenvalue weighted by Gasteiger charge is 2.05. The van der Waals surface area contributed by atoms with Crippen molar-refractivity contribution in [3.05, 3.63) is 10.1 Å². The molecular formula is C7H14N4O2. The number of rotatable bonds is 1. The van der Waals surface area contributed by atoms with Crippen molar-refractivity contribution in [1.82, 2.24) is 10.6 Å². The van der Waals surface area contributed by atoms with Gasteiger partial charge in [-0.25, -0.2) is 10.1 Å². The number of guanidine groups is 1. The molecule has 0 spiro atoms. The van der Waals surface area contributed by atoms with E-state index in [2.05, 4.69) is 15.7 Å². The number of hydrogen-bond donors (Lipinski definition) is 2. The molecule has 6 nitrogen and oxygen atoms in total. The molecule has 0 radical (unpaired) electrons. The van der Waals surface area contributed by atoms with Crippen molar-refractivity contribution in [2.45, 2.75) is 25.7 Å². The van der Waals surface area contributed by atoms with Gasteiger partial charge in [0.15, 0.2) is 5.03 Å². The molecule has 1 rings (SSSR count). The molecule has 6 heteroatoms. The molecule has 0 aliphatic carbocycles. The minimum Gasteiger partial charge on any atom is -0.351 e. The first-order valence-corrected chi connectivity index (χ1v) is 4.50. The van der Waals surface area contributed by atoms with Gasteiger partial charge in [-0.3, -0.25) is 0 Å². The third kappa shape index (κ3) is 4.29. The van der Waals surface area contributed by atoms with Crippen molar-refractivity contribution in [2.75, 3.05) is 13.1 Å². The van der Waals surface area contributed by atoms with Crippen LogP contribution in [-0.4, -0.2) is 24.1 Å². The second kappa shape index (κ2) is 5.34. The van der Waals surface area contributed by atoms with Crippen LogP contribution in [0, 0.1) is 10.1 Å². The molecular weight excluding hydrogens is 172 g/mol. The van der Waals surface area contributed by atoms with Crippen molar-refractivity contribution < 1.29 is 5.03 Å². The van der Waals surface area contributed by atoms with Gasteiger partial charge in [0, 0.05) is 13.1 Å². The summed E-state index contributed by atoms with van der Waals surface area (Å²) in [7, 11) is 0. The van der Waals surface area contributed by atoms with Gasteiger partial charge in [0.2, 0.25) is 0 Å². The lowest BCUT2D eigenvalue weighted by molar-refractivity contribution is -0.485. The van der Waals surface area contributed by atoms with E-state index in [-0.39, 0.29) is 5.96 Å². The fraction of sp³-hybridized carbons (Fsp3) is 0.857. The van der Waals surface area contributed by atoms with Crippen molar-refractivity contribution in [2.24, 2.45) is 5.10 Å². The van der Waals surface area contributed by atoms with E-state index >= 15 is 0 Å². The van der Waals surface area contributed by atoms with Crippen molar-refractivity contribution in [3.8, 4) is 0 Å². The normalized spacial score (nSPS) is 18.6. The van der Waals surface area contributed by atoms with Gasteiger partial charge in [-0.1, -0.05) is 12.8 Å². The minimum absolute atomic E-state index is 0.284. The Balaban J connectivity index is 2.45. The molecule has 2 N–H and O–H groups in total. The monoisotopic (exact) mass is 186 g/mol. The van der Waals surface area contributed by atoms with Crippen LogP contribution < -0.4 is 10.6 Å². The van der Waals surface area contributed by atoms with Crippen LogP contribution in [0.4, 0.5) is 0 Å². The predicted molar refractivity (Wildman–Crippen MR) is 48.9 cm³/mol. The summed E-state index contributed by atoms with van der Waals surface area (Å²) in [6.07, 6.45) is 4.41. The Labute approximate surface area is 76.5 Å². The molecule has 0 aromatic carbocycles. The molecule has 0 aromatic heterocycles. The average molecular weight is 186 g/mol. The van der Waals surface area contributed by atoms with E-state index in [0.29, 0.717) is 0 Å². The second-order valence-corrected chi connectivity index (χ2v) is 2.95. The molecule has 1 heterocycles. The van der Waals surface area contributed by atoms with Crippen molar-refractivity contribution in [3.63, 3.8) is 0 Å². The van der Waals surface area contributed by atoms with Crippen LogP contribution in [0.1, 0.15) is 25.7 Å². The second-order valence-electron chi connectivity index (χ2n) is 2.95. The van der Waals surface area contributed by atoms with Crippen LogP contribution in [0.3, 0.4) is 0 Å². The van der Waals surface area contributed by atoms with E-state index in [1.807, 2.05) is 0 Å². The first-order chi connectivity index (χ1) is 6.29. The Morgan fingerprint density at radius 3 is 2.15 bits per heavy atom. The summed E-state index contributed by atoms with van der Waals surface area (Å²) < 4.78 is 0. The van der Waals surface area contributed by atoms with E-state index in [1.54, 1.807) is 0 Å². The van der Waals surface area contributed by atoms with Crippen LogP contribution in [-0.2, 0) is 0 Å². The van der Waals surface area contributed by atoms with Crippen LogP contribution >= 0.6 is 0 Å². The van der Waals surface area contributed by atoms with Gasteiger partial charge >= 0.3 is 0 Å². The number of nitrogens with one attached hydrogen (secondary N) is 2. The molecule has 0 aromatic rings. The lowest BCUT2D eigenvalue weighted by Crippen LogP contribution is -2.38. The largest absolute Gasteiger partial charge is 0.351 e. The van der Waals surface area contributed by atoms with Gasteiger partial charge < -0.3 is 10.6 Å². The zero-order chi connectivity index (χ0) is 9.52. The highest BCUT2D eigenvalue weighted by molar-refractivity contribution is 5.79. The Bertz CT molecular complexity index is 193. The van der Waals surface area contributed by atoms with E-state index < -0.39 is 5.03 Å². The predicted octanol–water partition coefficient (Wildman–Crippen LogP) is 0.287. The topological polar surface area (TPSA) is 79.6 Å². The average Bonchev–Trinajstić information content (AvgIpc) is 2.17. The molecule has 0 saturated carbocycles. The fourth-order valence-electron chi connectivity index (χ4n) is 1.23. The number of hydrazone groups is 1. The summed E-state index contributed by atoms with van der Waals surface area (Å²) in [5.41, 5.74) is 0. The number of hydrogen-bond acceptors (Lipinski definition) is 2. The molecule has 0 amide bonds. The number of nitrogens with zero attached hydrogens (tertiary/aromatic N) is 2. The summed E-state index contributed by atoms with van der Waals surface area (Å²) in [4.78, 5) is 10.1. The first kappa shape index (κ1) is 9.76. The van der Waals surface area contributed by atoms with Gasteiger partial charge in [-0.2, -0.15) is 0 Å². The molecule has 1 aliphatic rings. The number of nitro groups is 1. The van der Waals surface area contributed by atoms with Gasteiger partial charge in [-0.05, 0) is 12.8 Å². The van der Waals surface area contributed by atoms with Gasteiger partial charge in [0.1, 0.15) is 5.10 Å². The molecule has 13 heavy (non-hydrogen) atoms. The van der Waals surface area contributed by atoms with Crippen molar-refractivity contribution >= 4 is 5.96 Å². The summed E-state index contributed by atoms with van der Waals surface area (Å²) in [6, 6.07) is 0. The fourth-order valence-corrected chi connectivity index (χ4v) is 1.23. The molecule has 1 fully saturated rings. The summed E-state index contributed by atoms with van der Waals surface area (Å²) >= 11 is 0. The highest BCUT2D eigenvalue weighted by atomic mass is 16.7. The quantitative estimate of drug-likeness (QED) is 0.455. The van der Waals surface area contributed by atoms with E-state index in [9.17, 15) is 10.1 Å². The van der Waals surface area contributed by atoms with E-state index in [0.717, 1.165) is 25.9 Å². The molecule has 0 atom stereocenters. The summed E-state index contributed by atoms with van der Waals surface area (Å²) in [6.45, 7) is 1.50. The maximum absolute atomic E-state index is 10.1. The Morgan fingerprint density at radius 2 is 1.69 bits per heavy atom. The maximum atomic E-state index is 10.1. The maximum Gasteiger partial charge on any atom is 0.268 e. The zero-order valence-corrected chi connectivity index (χ0v) is 7.45. The van der Waals surface area contributed by atoms with Crippen LogP contribution in [0.2, 0.25) is 0 Å². The molecule has 1 saturated heterocycles. The molecule has 0 bridgehead atoms. The first-order valence-electron chi connectivity index (χ1n) is 4.50. The lowest BCUT2D eigenvalue weighted by atomic mass is 10.2. The minimum atomic E-state index is -0.687. The van der Waals surface area contributed by atoms with Gasteiger partial charge in [-0.15, -0.1) is 0 Å². The molecule has 74 valence electrons. The standard InChI is InChI=1S/C7H14N4O2/c12-11(13)10-7-8-5-3-1-2-4-6-9-7/h1-6H2,(H2,8,9,10). The third-order valence-corrected chi connectivity index (χ3v) is 1.87. The van der Waals surface area contributed by atoms with E-state index in [4.69, 9.17) is 0 Å². The van der Waals surface area contributed by atoms with Gasteiger partial charge in [0.25, 0.3) is 5.96 Å². The Kier molecular flexibility index (Phi) is 4.01. The smallest absolute Gasteiger partial charge is 0.268 e. The highest BCUT2D eigenvalue weighted by Crippen LogP contribution is 1.99. The van der Waals surface area contributed by atoms with Crippen LogP contribution in [0.5, 0.6) is 0 Å². The van der Waals surface area contributed by atoms with Crippen LogP contribution in [0.25, 0.3) is 0 Å². The molecule has 1 aliphatic heterocycles. The Hall–Kier alpha value is -1.33. The third-order valence-electron chi connectivity index (χ3n) is 1.87.